The highest BCUT2D eigenvalue weighted by Gasteiger charge is 2.36. The number of aliphatic hydroxyl groups excluding tert-OH is 1. The van der Waals surface area contributed by atoms with Crippen LogP contribution in [0.15, 0.2) is 0 Å². The van der Waals surface area contributed by atoms with Gasteiger partial charge in [-0.25, -0.2) is 0 Å². The molecule has 0 radical (unpaired) electrons. The van der Waals surface area contributed by atoms with Gasteiger partial charge in [-0.15, -0.1) is 12.8 Å². The summed E-state index contributed by atoms with van der Waals surface area (Å²) >= 11 is 0. The van der Waals surface area contributed by atoms with Crippen molar-refractivity contribution in [3.8, 4) is 24.7 Å². The van der Waals surface area contributed by atoms with E-state index in [-0.39, 0.29) is 11.6 Å². The quantitative estimate of drug-likeness (QED) is 0.608. The van der Waals surface area contributed by atoms with Crippen LogP contribution in [-0.4, -0.2) is 26.6 Å². The van der Waals surface area contributed by atoms with Crippen LogP contribution in [0.1, 0.15) is 36.0 Å². The van der Waals surface area contributed by atoms with Crippen molar-refractivity contribution in [3.63, 3.8) is 0 Å². The van der Waals surface area contributed by atoms with E-state index in [4.69, 9.17) is 17.3 Å². The van der Waals surface area contributed by atoms with Crippen LogP contribution in [0.2, 0.25) is 18.1 Å². The van der Waals surface area contributed by atoms with Gasteiger partial charge in [-0.1, -0.05) is 46.4 Å². The third kappa shape index (κ3) is 13.2. The maximum absolute atomic E-state index is 7.64. The van der Waals surface area contributed by atoms with Crippen LogP contribution in [0.25, 0.3) is 0 Å². The van der Waals surface area contributed by atoms with E-state index in [1.165, 1.54) is 0 Å². The molecule has 0 unspecified atom stereocenters. The normalized spacial score (nSPS) is 10.5. The van der Waals surface area contributed by atoms with Gasteiger partial charge in [-0.2, -0.15) is 0 Å². The maximum Gasteiger partial charge on any atom is 0.193 e. The van der Waals surface area contributed by atoms with Crippen molar-refractivity contribution in [3.05, 3.63) is 0 Å². The maximum atomic E-state index is 7.64. The minimum atomic E-state index is -1.57. The molecule has 1 N–H and O–H groups in total. The van der Waals surface area contributed by atoms with E-state index < -0.39 is 8.32 Å². The molecule has 0 spiro atoms. The second kappa shape index (κ2) is 11.7. The smallest absolute Gasteiger partial charge is 0.193 e. The first-order valence-electron chi connectivity index (χ1n) is 6.26. The highest BCUT2D eigenvalue weighted by atomic mass is 28.4. The highest BCUT2D eigenvalue weighted by Crippen LogP contribution is 2.36. The predicted molar refractivity (Wildman–Crippen MR) is 79.2 cm³/mol. The topological polar surface area (TPSA) is 29.5 Å². The minimum Gasteiger partial charge on any atom is -0.406 e. The van der Waals surface area contributed by atoms with Gasteiger partial charge in [0, 0.05) is 1.37 Å². The number of hydrogen-bond acceptors (Lipinski definition) is 2. The number of hydrogen-bond donors (Lipinski definition) is 1. The highest BCUT2D eigenvalue weighted by molar-refractivity contribution is 6.74. The Kier molecular flexibility index (Phi) is 12.9. The first kappa shape index (κ1) is 18.6. The van der Waals surface area contributed by atoms with E-state index in [1.54, 1.807) is 6.92 Å². The molecular weight excluding hydrogens is 228 g/mol. The summed E-state index contributed by atoms with van der Waals surface area (Å²) in [7, 11) is -1.57. The van der Waals surface area contributed by atoms with Crippen molar-refractivity contribution in [1.82, 2.24) is 0 Å². The fraction of sp³-hybridized carbons (Fsp3) is 0.714. The Morgan fingerprint density at radius 3 is 1.82 bits per heavy atom. The number of rotatable bonds is 2. The Bertz CT molecular complexity index is 256. The van der Waals surface area contributed by atoms with Crippen molar-refractivity contribution in [1.29, 1.82) is 0 Å². The molecule has 0 heterocycles. The Hall–Kier alpha value is -0.743. The fourth-order valence-electron chi connectivity index (χ4n) is 0.439. The molecule has 0 aliphatic rings. The third-order valence-corrected chi connectivity index (χ3v) is 6.89. The van der Waals surface area contributed by atoms with Gasteiger partial charge in [0.05, 0.1) is 6.61 Å². The van der Waals surface area contributed by atoms with E-state index >= 15 is 0 Å². The summed E-state index contributed by atoms with van der Waals surface area (Å²) in [6.07, 6.45) is 9.65. The molecule has 0 saturated carbocycles. The van der Waals surface area contributed by atoms with Gasteiger partial charge < -0.3 is 9.53 Å². The molecule has 0 aliphatic heterocycles. The van der Waals surface area contributed by atoms with Crippen molar-refractivity contribution in [2.45, 2.75) is 52.7 Å². The summed E-state index contributed by atoms with van der Waals surface area (Å²) in [5, 5.41) is 7.91. The van der Waals surface area contributed by atoms with Crippen LogP contribution in [0.4, 0.5) is 0 Å². The van der Waals surface area contributed by atoms with E-state index in [2.05, 4.69) is 46.2 Å². The summed E-state index contributed by atoms with van der Waals surface area (Å²) < 4.78 is 11.9. The molecule has 0 amide bonds. The summed E-state index contributed by atoms with van der Waals surface area (Å²) in [6.45, 7) is 13.6. The van der Waals surface area contributed by atoms with Gasteiger partial charge in [0.15, 0.2) is 8.32 Å². The predicted octanol–water partition coefficient (Wildman–Crippen LogP) is 3.28. The molecule has 0 rings (SSSR count). The van der Waals surface area contributed by atoms with Crippen LogP contribution < -0.4 is 0 Å². The Morgan fingerprint density at radius 2 is 1.65 bits per heavy atom. The molecule has 0 atom stereocenters. The molecular formula is C14H28O2Si. The molecule has 0 aromatic heterocycles. The van der Waals surface area contributed by atoms with Gasteiger partial charge in [0.2, 0.25) is 0 Å². The van der Waals surface area contributed by atoms with Crippen LogP contribution in [0.5, 0.6) is 0 Å². The van der Waals surface area contributed by atoms with Crippen LogP contribution in [0.3, 0.4) is 0 Å². The van der Waals surface area contributed by atoms with Gasteiger partial charge in [0.1, 0.15) is 6.61 Å². The average molecular weight is 257 g/mol. The Morgan fingerprint density at radius 1 is 1.29 bits per heavy atom. The zero-order valence-electron chi connectivity index (χ0n) is 13.1. The largest absolute Gasteiger partial charge is 0.406 e. The molecule has 0 fully saturated rings. The lowest BCUT2D eigenvalue weighted by Crippen LogP contribution is -2.40. The van der Waals surface area contributed by atoms with E-state index in [0.717, 1.165) is 0 Å². The standard InChI is InChI=1S/C9H18OSi.C3H4O.C2H6/c1-7-8-10-11(5,6)9(2,3)4;1-2-3-4;1-2/h1H,8H2,2-6H3;1,4H,3H2;1-2H3/i;;1D. The Balaban J connectivity index is -0.000000266. The second-order valence-electron chi connectivity index (χ2n) is 4.62. The van der Waals surface area contributed by atoms with Crippen molar-refractivity contribution < 1.29 is 10.9 Å². The molecule has 0 aromatic rings. The average Bonchev–Trinajstić information content (AvgIpc) is 2.26. The molecule has 100 valence electrons. The van der Waals surface area contributed by atoms with E-state index in [0.29, 0.717) is 13.5 Å². The molecule has 2 nitrogen and oxygen atoms in total. The van der Waals surface area contributed by atoms with Gasteiger partial charge in [-0.3, -0.25) is 0 Å². The van der Waals surface area contributed by atoms with Crippen LogP contribution in [0, 0.1) is 24.7 Å². The van der Waals surface area contributed by atoms with Crippen molar-refractivity contribution >= 4 is 8.32 Å². The van der Waals surface area contributed by atoms with Crippen molar-refractivity contribution in [2.24, 2.45) is 0 Å². The SMILES string of the molecule is C#CCO.C#CCO[Si](C)(C)C(C)(C)C.[2H]CC. The lowest BCUT2D eigenvalue weighted by molar-refractivity contribution is 0.334. The van der Waals surface area contributed by atoms with Gasteiger partial charge in [0.25, 0.3) is 0 Å². The fourth-order valence-corrected chi connectivity index (χ4v) is 1.32. The summed E-state index contributed by atoms with van der Waals surface area (Å²) in [5.74, 6) is 4.49. The first-order valence-corrected chi connectivity index (χ1v) is 8.46. The number of aliphatic hydroxyl groups is 1. The molecule has 0 aliphatic carbocycles. The van der Waals surface area contributed by atoms with Crippen LogP contribution in [-0.2, 0) is 4.43 Å². The lowest BCUT2D eigenvalue weighted by Gasteiger charge is -2.35. The summed E-state index contributed by atoms with van der Waals surface area (Å²) in [5.41, 5.74) is 0. The molecule has 0 saturated heterocycles. The summed E-state index contributed by atoms with van der Waals surface area (Å²) in [4.78, 5) is 0. The Labute approximate surface area is 110 Å². The number of terminal acetylenes is 2. The van der Waals surface area contributed by atoms with E-state index in [9.17, 15) is 0 Å². The molecule has 0 bridgehead atoms. The molecule has 3 heteroatoms. The molecule has 0 aromatic carbocycles. The van der Waals surface area contributed by atoms with E-state index in [1.807, 2.05) is 5.92 Å². The minimum absolute atomic E-state index is 0.153. The lowest BCUT2D eigenvalue weighted by atomic mass is 10.2. The zero-order valence-corrected chi connectivity index (χ0v) is 13.1. The monoisotopic (exact) mass is 257 g/mol. The second-order valence-corrected chi connectivity index (χ2v) is 9.42. The zero-order chi connectivity index (χ0) is 15.2. The molecule has 17 heavy (non-hydrogen) atoms. The summed E-state index contributed by atoms with van der Waals surface area (Å²) in [6, 6.07) is 0. The van der Waals surface area contributed by atoms with Gasteiger partial charge >= 0.3 is 0 Å². The first-order chi connectivity index (χ1) is 8.14. The van der Waals surface area contributed by atoms with Crippen molar-refractivity contribution in [2.75, 3.05) is 13.2 Å². The van der Waals surface area contributed by atoms with Gasteiger partial charge in [-0.05, 0) is 18.1 Å². The van der Waals surface area contributed by atoms with Crippen LogP contribution >= 0.6 is 0 Å². The third-order valence-electron chi connectivity index (χ3n) is 2.41.